The quantitative estimate of drug-likeness (QED) is 0.818. The van der Waals surface area contributed by atoms with Gasteiger partial charge in [0.2, 0.25) is 0 Å². The Morgan fingerprint density at radius 3 is 2.53 bits per heavy atom. The Morgan fingerprint density at radius 2 is 1.94 bits per heavy atom. The SMILES string of the molecule is CCC(Cc1cccs1)Nc1ccc(C)cc1. The van der Waals surface area contributed by atoms with Gasteiger partial charge in [-0.2, -0.15) is 0 Å². The molecule has 0 radical (unpaired) electrons. The third kappa shape index (κ3) is 3.60. The normalized spacial score (nSPS) is 12.4. The smallest absolute Gasteiger partial charge is 0.0342 e. The molecule has 0 amide bonds. The number of benzene rings is 1. The second-order valence-corrected chi connectivity index (χ2v) is 5.43. The lowest BCUT2D eigenvalue weighted by atomic mass is 10.1. The largest absolute Gasteiger partial charge is 0.382 e. The van der Waals surface area contributed by atoms with E-state index in [0.29, 0.717) is 6.04 Å². The van der Waals surface area contributed by atoms with Gasteiger partial charge in [-0.1, -0.05) is 30.7 Å². The molecule has 1 N–H and O–H groups in total. The van der Waals surface area contributed by atoms with Crippen LogP contribution in [0.4, 0.5) is 5.69 Å². The molecule has 0 saturated carbocycles. The van der Waals surface area contributed by atoms with Gasteiger partial charge in [-0.05, 0) is 36.9 Å². The summed E-state index contributed by atoms with van der Waals surface area (Å²) in [5, 5.41) is 5.75. The molecule has 0 saturated heterocycles. The molecule has 0 aliphatic heterocycles. The zero-order chi connectivity index (χ0) is 12.1. The van der Waals surface area contributed by atoms with Crippen molar-refractivity contribution in [3.63, 3.8) is 0 Å². The van der Waals surface area contributed by atoms with Crippen LogP contribution < -0.4 is 5.32 Å². The van der Waals surface area contributed by atoms with Gasteiger partial charge in [-0.15, -0.1) is 11.3 Å². The minimum atomic E-state index is 0.524. The van der Waals surface area contributed by atoms with E-state index in [9.17, 15) is 0 Å². The van der Waals surface area contributed by atoms with Crippen molar-refractivity contribution in [2.75, 3.05) is 5.32 Å². The summed E-state index contributed by atoms with van der Waals surface area (Å²) in [4.78, 5) is 1.46. The van der Waals surface area contributed by atoms with Crippen molar-refractivity contribution in [3.8, 4) is 0 Å². The van der Waals surface area contributed by atoms with E-state index in [-0.39, 0.29) is 0 Å². The predicted octanol–water partition coefficient (Wildman–Crippen LogP) is 4.49. The Kier molecular flexibility index (Phi) is 4.21. The van der Waals surface area contributed by atoms with Crippen molar-refractivity contribution in [2.24, 2.45) is 0 Å². The molecule has 90 valence electrons. The third-order valence-electron chi connectivity index (χ3n) is 2.94. The molecule has 1 unspecified atom stereocenters. The van der Waals surface area contributed by atoms with Gasteiger partial charge < -0.3 is 5.32 Å². The van der Waals surface area contributed by atoms with E-state index in [1.165, 1.54) is 16.1 Å². The van der Waals surface area contributed by atoms with Gasteiger partial charge in [0, 0.05) is 23.0 Å². The fourth-order valence-corrected chi connectivity index (χ4v) is 2.64. The highest BCUT2D eigenvalue weighted by Crippen LogP contribution is 2.17. The average Bonchev–Trinajstić information content (AvgIpc) is 2.84. The summed E-state index contributed by atoms with van der Waals surface area (Å²) >= 11 is 1.84. The Bertz CT molecular complexity index is 430. The second-order valence-electron chi connectivity index (χ2n) is 4.40. The van der Waals surface area contributed by atoms with Crippen molar-refractivity contribution >= 4 is 17.0 Å². The molecule has 17 heavy (non-hydrogen) atoms. The topological polar surface area (TPSA) is 12.0 Å². The van der Waals surface area contributed by atoms with Gasteiger partial charge in [0.15, 0.2) is 0 Å². The summed E-state index contributed by atoms with van der Waals surface area (Å²) in [7, 11) is 0. The van der Waals surface area contributed by atoms with Crippen LogP contribution in [0.5, 0.6) is 0 Å². The highest BCUT2D eigenvalue weighted by molar-refractivity contribution is 7.09. The van der Waals surface area contributed by atoms with Crippen LogP contribution >= 0.6 is 11.3 Å². The van der Waals surface area contributed by atoms with Crippen LogP contribution in [0.25, 0.3) is 0 Å². The summed E-state index contributed by atoms with van der Waals surface area (Å²) in [6.45, 7) is 4.35. The van der Waals surface area contributed by atoms with E-state index in [0.717, 1.165) is 12.8 Å². The molecular formula is C15H19NS. The number of thiophene rings is 1. The van der Waals surface area contributed by atoms with Crippen molar-refractivity contribution in [1.29, 1.82) is 0 Å². The molecule has 0 aliphatic carbocycles. The highest BCUT2D eigenvalue weighted by atomic mass is 32.1. The van der Waals surface area contributed by atoms with Crippen molar-refractivity contribution in [2.45, 2.75) is 32.7 Å². The fourth-order valence-electron chi connectivity index (χ4n) is 1.85. The Labute approximate surface area is 108 Å². The molecule has 1 nitrogen and oxygen atoms in total. The summed E-state index contributed by atoms with van der Waals surface area (Å²) in [6, 6.07) is 13.5. The molecular weight excluding hydrogens is 226 g/mol. The van der Waals surface area contributed by atoms with Gasteiger partial charge in [-0.25, -0.2) is 0 Å². The predicted molar refractivity (Wildman–Crippen MR) is 76.9 cm³/mol. The van der Waals surface area contributed by atoms with Gasteiger partial charge in [-0.3, -0.25) is 0 Å². The maximum Gasteiger partial charge on any atom is 0.0342 e. The molecule has 0 fully saturated rings. The van der Waals surface area contributed by atoms with Crippen LogP contribution in [0.3, 0.4) is 0 Å². The van der Waals surface area contributed by atoms with Gasteiger partial charge in [0.05, 0.1) is 0 Å². The molecule has 1 aromatic carbocycles. The first kappa shape index (κ1) is 12.2. The van der Waals surface area contributed by atoms with Crippen LogP contribution in [0, 0.1) is 6.92 Å². The number of aryl methyl sites for hydroxylation is 1. The van der Waals surface area contributed by atoms with Crippen molar-refractivity contribution in [1.82, 2.24) is 0 Å². The third-order valence-corrected chi connectivity index (χ3v) is 3.84. The molecule has 0 bridgehead atoms. The van der Waals surface area contributed by atoms with Crippen LogP contribution in [-0.2, 0) is 6.42 Å². The Morgan fingerprint density at radius 1 is 1.18 bits per heavy atom. The molecule has 0 spiro atoms. The standard InChI is InChI=1S/C15H19NS/c1-3-13(11-15-5-4-10-17-15)16-14-8-6-12(2)7-9-14/h4-10,13,16H,3,11H2,1-2H3. The molecule has 1 atom stereocenters. The van der Waals surface area contributed by atoms with E-state index in [1.807, 2.05) is 11.3 Å². The van der Waals surface area contributed by atoms with Gasteiger partial charge >= 0.3 is 0 Å². The highest BCUT2D eigenvalue weighted by Gasteiger charge is 2.07. The Balaban J connectivity index is 1.97. The first-order valence-corrected chi connectivity index (χ1v) is 7.01. The van der Waals surface area contributed by atoms with E-state index in [2.05, 4.69) is 60.9 Å². The molecule has 1 aromatic heterocycles. The summed E-state index contributed by atoms with van der Waals surface area (Å²) < 4.78 is 0. The van der Waals surface area contributed by atoms with Crippen LogP contribution in [0.15, 0.2) is 41.8 Å². The summed E-state index contributed by atoms with van der Waals surface area (Å²) in [5.74, 6) is 0. The summed E-state index contributed by atoms with van der Waals surface area (Å²) in [5.41, 5.74) is 2.53. The van der Waals surface area contributed by atoms with Crippen molar-refractivity contribution < 1.29 is 0 Å². The molecule has 2 rings (SSSR count). The number of nitrogens with one attached hydrogen (secondary N) is 1. The maximum absolute atomic E-state index is 3.60. The first-order chi connectivity index (χ1) is 8.28. The molecule has 1 heterocycles. The monoisotopic (exact) mass is 245 g/mol. The van der Waals surface area contributed by atoms with E-state index in [1.54, 1.807) is 0 Å². The lowest BCUT2D eigenvalue weighted by Gasteiger charge is -2.17. The fraction of sp³-hybridized carbons (Fsp3) is 0.333. The van der Waals surface area contributed by atoms with Gasteiger partial charge in [0.25, 0.3) is 0 Å². The minimum absolute atomic E-state index is 0.524. The molecule has 2 aromatic rings. The first-order valence-electron chi connectivity index (χ1n) is 6.13. The molecule has 2 heteroatoms. The minimum Gasteiger partial charge on any atom is -0.382 e. The van der Waals surface area contributed by atoms with E-state index >= 15 is 0 Å². The number of rotatable bonds is 5. The summed E-state index contributed by atoms with van der Waals surface area (Å²) in [6.07, 6.45) is 2.26. The zero-order valence-corrected chi connectivity index (χ0v) is 11.3. The van der Waals surface area contributed by atoms with Crippen LogP contribution in [0.2, 0.25) is 0 Å². The second kappa shape index (κ2) is 5.87. The Hall–Kier alpha value is -1.28. The average molecular weight is 245 g/mol. The van der Waals surface area contributed by atoms with Crippen LogP contribution in [0.1, 0.15) is 23.8 Å². The van der Waals surface area contributed by atoms with E-state index in [4.69, 9.17) is 0 Å². The number of hydrogen-bond donors (Lipinski definition) is 1. The maximum atomic E-state index is 3.60. The van der Waals surface area contributed by atoms with Gasteiger partial charge in [0.1, 0.15) is 0 Å². The number of anilines is 1. The molecule has 0 aliphatic rings. The lowest BCUT2D eigenvalue weighted by Crippen LogP contribution is -2.20. The van der Waals surface area contributed by atoms with E-state index < -0.39 is 0 Å². The number of hydrogen-bond acceptors (Lipinski definition) is 2. The van der Waals surface area contributed by atoms with Crippen LogP contribution in [-0.4, -0.2) is 6.04 Å². The lowest BCUT2D eigenvalue weighted by molar-refractivity contribution is 0.697. The van der Waals surface area contributed by atoms with Crippen molar-refractivity contribution in [3.05, 3.63) is 52.2 Å². The zero-order valence-electron chi connectivity index (χ0n) is 10.4.